The van der Waals surface area contributed by atoms with Crippen LogP contribution in [-0.4, -0.2) is 25.8 Å². The summed E-state index contributed by atoms with van der Waals surface area (Å²) in [4.78, 5) is 0.276. The van der Waals surface area contributed by atoms with Gasteiger partial charge in [-0.15, -0.1) is 0 Å². The Balaban J connectivity index is 2.30. The highest BCUT2D eigenvalue weighted by Crippen LogP contribution is 2.24. The third kappa shape index (κ3) is 4.57. The van der Waals surface area contributed by atoms with Gasteiger partial charge in [-0.2, -0.15) is 4.31 Å². The minimum Gasteiger partial charge on any atom is -0.313 e. The van der Waals surface area contributed by atoms with E-state index in [-0.39, 0.29) is 4.90 Å². The zero-order valence-corrected chi connectivity index (χ0v) is 15.6. The normalized spacial score (nSPS) is 11.8. The average molecular weight is 367 g/mol. The molecule has 2 rings (SSSR count). The van der Waals surface area contributed by atoms with Crippen LogP contribution in [-0.2, 0) is 23.1 Å². The number of nitrogens with zero attached hydrogens (tertiary/aromatic N) is 1. The molecule has 0 aliphatic heterocycles. The molecular weight excluding hydrogens is 344 g/mol. The van der Waals surface area contributed by atoms with Crippen LogP contribution < -0.4 is 5.32 Å². The Morgan fingerprint density at radius 1 is 1.08 bits per heavy atom. The molecule has 2 aromatic rings. The number of hydrogen-bond acceptors (Lipinski definition) is 3. The van der Waals surface area contributed by atoms with Crippen LogP contribution in [0.15, 0.2) is 53.4 Å². The molecule has 130 valence electrons. The summed E-state index contributed by atoms with van der Waals surface area (Å²) in [6, 6.07) is 14.5. The first-order chi connectivity index (χ1) is 11.5. The van der Waals surface area contributed by atoms with Crippen LogP contribution in [0.2, 0.25) is 5.02 Å². The fourth-order valence-corrected chi connectivity index (χ4v) is 4.08. The molecule has 0 saturated carbocycles. The third-order valence-electron chi connectivity index (χ3n) is 3.77. The molecule has 0 aromatic heterocycles. The zero-order chi connectivity index (χ0) is 17.6. The van der Waals surface area contributed by atoms with Crippen molar-refractivity contribution < 1.29 is 8.42 Å². The summed E-state index contributed by atoms with van der Waals surface area (Å²) < 4.78 is 27.4. The van der Waals surface area contributed by atoms with E-state index < -0.39 is 10.0 Å². The lowest BCUT2D eigenvalue weighted by molar-refractivity contribution is 0.423. The van der Waals surface area contributed by atoms with E-state index in [0.29, 0.717) is 24.7 Å². The third-order valence-corrected chi connectivity index (χ3v) is 6.06. The molecule has 0 atom stereocenters. The van der Waals surface area contributed by atoms with E-state index in [9.17, 15) is 8.42 Å². The van der Waals surface area contributed by atoms with Crippen LogP contribution in [0.25, 0.3) is 0 Å². The van der Waals surface area contributed by atoms with Crippen molar-refractivity contribution in [3.63, 3.8) is 0 Å². The number of sulfonamides is 1. The molecule has 4 nitrogen and oxygen atoms in total. The van der Waals surface area contributed by atoms with Gasteiger partial charge < -0.3 is 5.32 Å². The average Bonchev–Trinajstić information content (AvgIpc) is 2.59. The molecule has 0 unspecified atom stereocenters. The summed E-state index contributed by atoms with van der Waals surface area (Å²) in [7, 11) is -3.57. The van der Waals surface area contributed by atoms with Gasteiger partial charge in [0.25, 0.3) is 0 Å². The van der Waals surface area contributed by atoms with Gasteiger partial charge in [-0.3, -0.25) is 0 Å². The summed E-state index contributed by atoms with van der Waals surface area (Å²) in [5.41, 5.74) is 1.75. The van der Waals surface area contributed by atoms with Crippen LogP contribution in [0, 0.1) is 0 Å². The molecule has 0 aliphatic carbocycles. The van der Waals surface area contributed by atoms with E-state index in [2.05, 4.69) is 5.32 Å². The van der Waals surface area contributed by atoms with Gasteiger partial charge in [0.05, 0.1) is 4.90 Å². The molecule has 2 aromatic carbocycles. The standard InChI is InChI=1S/C18H23ClN2O2S/c1-3-20-13-16-12-17(10-11-18(16)19)24(22,23)21(4-2)14-15-8-6-5-7-9-15/h5-12,20H,3-4,13-14H2,1-2H3. The second-order valence-electron chi connectivity index (χ2n) is 5.45. The topological polar surface area (TPSA) is 49.4 Å². The highest BCUT2D eigenvalue weighted by molar-refractivity contribution is 7.89. The lowest BCUT2D eigenvalue weighted by Gasteiger charge is -2.21. The molecule has 1 N–H and O–H groups in total. The van der Waals surface area contributed by atoms with Crippen molar-refractivity contribution in [1.82, 2.24) is 9.62 Å². The SMILES string of the molecule is CCNCc1cc(S(=O)(=O)N(CC)Cc2ccccc2)ccc1Cl. The summed E-state index contributed by atoms with van der Waals surface area (Å²) in [6.45, 7) is 5.93. The highest BCUT2D eigenvalue weighted by Gasteiger charge is 2.24. The first-order valence-corrected chi connectivity index (χ1v) is 9.84. The predicted molar refractivity (Wildman–Crippen MR) is 98.5 cm³/mol. The Bertz CT molecular complexity index is 764. The predicted octanol–water partition coefficient (Wildman–Crippen LogP) is 3.66. The summed E-state index contributed by atoms with van der Waals surface area (Å²) in [6.07, 6.45) is 0. The van der Waals surface area contributed by atoms with Crippen molar-refractivity contribution in [2.24, 2.45) is 0 Å². The maximum absolute atomic E-state index is 13.0. The molecule has 24 heavy (non-hydrogen) atoms. The fourth-order valence-electron chi connectivity index (χ4n) is 2.41. The van der Waals surface area contributed by atoms with E-state index in [0.717, 1.165) is 17.7 Å². The number of nitrogens with one attached hydrogen (secondary N) is 1. The summed E-state index contributed by atoms with van der Waals surface area (Å²) in [5.74, 6) is 0. The maximum Gasteiger partial charge on any atom is 0.243 e. The van der Waals surface area contributed by atoms with Crippen LogP contribution in [0.5, 0.6) is 0 Å². The molecule has 0 fully saturated rings. The Labute approximate surface area is 149 Å². The van der Waals surface area contributed by atoms with Gasteiger partial charge in [-0.25, -0.2) is 8.42 Å². The van der Waals surface area contributed by atoms with Gasteiger partial charge in [0, 0.05) is 24.7 Å². The second kappa shape index (κ2) is 8.62. The number of rotatable bonds is 8. The summed E-state index contributed by atoms with van der Waals surface area (Å²) in [5, 5.41) is 3.74. The molecule has 0 spiro atoms. The lowest BCUT2D eigenvalue weighted by Crippen LogP contribution is -2.30. The minimum atomic E-state index is -3.57. The molecule has 0 amide bonds. The van der Waals surface area contributed by atoms with E-state index in [4.69, 9.17) is 11.6 Å². The van der Waals surface area contributed by atoms with Crippen LogP contribution in [0.3, 0.4) is 0 Å². The first kappa shape index (κ1) is 18.9. The van der Waals surface area contributed by atoms with Crippen molar-refractivity contribution in [2.75, 3.05) is 13.1 Å². The smallest absolute Gasteiger partial charge is 0.243 e. The monoisotopic (exact) mass is 366 g/mol. The van der Waals surface area contributed by atoms with Gasteiger partial charge in [0.1, 0.15) is 0 Å². The van der Waals surface area contributed by atoms with Gasteiger partial charge in [0.2, 0.25) is 10.0 Å². The number of hydrogen-bond donors (Lipinski definition) is 1. The molecular formula is C18H23ClN2O2S. The minimum absolute atomic E-state index is 0.276. The van der Waals surface area contributed by atoms with E-state index >= 15 is 0 Å². The molecule has 0 bridgehead atoms. The molecule has 0 radical (unpaired) electrons. The van der Waals surface area contributed by atoms with Crippen LogP contribution in [0.4, 0.5) is 0 Å². The quantitative estimate of drug-likeness (QED) is 0.775. The van der Waals surface area contributed by atoms with Crippen molar-refractivity contribution in [2.45, 2.75) is 31.8 Å². The van der Waals surface area contributed by atoms with Gasteiger partial charge >= 0.3 is 0 Å². The van der Waals surface area contributed by atoms with Crippen molar-refractivity contribution in [3.05, 3.63) is 64.7 Å². The molecule has 6 heteroatoms. The maximum atomic E-state index is 13.0. The van der Waals surface area contributed by atoms with Crippen molar-refractivity contribution in [1.29, 1.82) is 0 Å². The Hall–Kier alpha value is -1.40. The summed E-state index contributed by atoms with van der Waals surface area (Å²) >= 11 is 6.18. The largest absolute Gasteiger partial charge is 0.313 e. The van der Waals surface area contributed by atoms with E-state index in [1.165, 1.54) is 4.31 Å². The Morgan fingerprint density at radius 3 is 2.42 bits per heavy atom. The lowest BCUT2D eigenvalue weighted by atomic mass is 10.2. The van der Waals surface area contributed by atoms with E-state index in [1.54, 1.807) is 18.2 Å². The van der Waals surface area contributed by atoms with Crippen LogP contribution >= 0.6 is 11.6 Å². The Morgan fingerprint density at radius 2 is 1.79 bits per heavy atom. The Kier molecular flexibility index (Phi) is 6.80. The van der Waals surface area contributed by atoms with Gasteiger partial charge in [-0.05, 0) is 35.9 Å². The fraction of sp³-hybridized carbons (Fsp3) is 0.333. The molecule has 0 heterocycles. The zero-order valence-electron chi connectivity index (χ0n) is 14.0. The van der Waals surface area contributed by atoms with Gasteiger partial charge in [-0.1, -0.05) is 55.8 Å². The molecule has 0 saturated heterocycles. The first-order valence-electron chi connectivity index (χ1n) is 8.02. The van der Waals surface area contributed by atoms with Crippen LogP contribution in [0.1, 0.15) is 25.0 Å². The van der Waals surface area contributed by atoms with Crippen molar-refractivity contribution >= 4 is 21.6 Å². The number of benzene rings is 2. The van der Waals surface area contributed by atoms with Gasteiger partial charge in [0.15, 0.2) is 0 Å². The molecule has 0 aliphatic rings. The second-order valence-corrected chi connectivity index (χ2v) is 7.80. The van der Waals surface area contributed by atoms with E-state index in [1.807, 2.05) is 44.2 Å². The van der Waals surface area contributed by atoms with Crippen molar-refractivity contribution in [3.8, 4) is 0 Å². The number of halogens is 1. The highest BCUT2D eigenvalue weighted by atomic mass is 35.5.